The van der Waals surface area contributed by atoms with Crippen LogP contribution in [0.15, 0.2) is 72.8 Å². The quantitative estimate of drug-likeness (QED) is 0.259. The zero-order valence-corrected chi connectivity index (χ0v) is 19.9. The highest BCUT2D eigenvalue weighted by atomic mass is 35.5. The molecule has 0 saturated heterocycles. The van der Waals surface area contributed by atoms with E-state index in [4.69, 9.17) is 25.8 Å². The van der Waals surface area contributed by atoms with Gasteiger partial charge in [0.15, 0.2) is 17.2 Å². The Bertz CT molecular complexity index is 1380. The van der Waals surface area contributed by atoms with E-state index >= 15 is 0 Å². The number of rotatable bonds is 7. The van der Waals surface area contributed by atoms with Crippen molar-refractivity contribution in [2.75, 3.05) is 14.2 Å². The van der Waals surface area contributed by atoms with Crippen molar-refractivity contribution in [2.24, 2.45) is 0 Å². The van der Waals surface area contributed by atoms with Crippen molar-refractivity contribution in [3.63, 3.8) is 0 Å². The summed E-state index contributed by atoms with van der Waals surface area (Å²) in [6.07, 6.45) is -4.65. The molecule has 4 rings (SSSR count). The molecule has 36 heavy (non-hydrogen) atoms. The number of para-hydroxylation sites is 2. The lowest BCUT2D eigenvalue weighted by atomic mass is 10.1. The van der Waals surface area contributed by atoms with E-state index in [0.717, 1.165) is 10.7 Å². The second-order valence-corrected chi connectivity index (χ2v) is 7.99. The predicted octanol–water partition coefficient (Wildman–Crippen LogP) is 6.59. The second-order valence-electron chi connectivity index (χ2n) is 7.58. The first-order valence-electron chi connectivity index (χ1n) is 10.6. The number of methoxy groups -OCH3 is 2. The van der Waals surface area contributed by atoms with Gasteiger partial charge in [-0.2, -0.15) is 18.3 Å². The highest BCUT2D eigenvalue weighted by Gasteiger charge is 2.35. The molecule has 186 valence electrons. The predicted molar refractivity (Wildman–Crippen MR) is 128 cm³/mol. The third-order valence-electron chi connectivity index (χ3n) is 5.34. The van der Waals surface area contributed by atoms with Gasteiger partial charge in [-0.15, -0.1) is 0 Å². The molecule has 0 saturated carbocycles. The van der Waals surface area contributed by atoms with Crippen LogP contribution in [0.2, 0.25) is 5.02 Å². The van der Waals surface area contributed by atoms with Gasteiger partial charge in [-0.1, -0.05) is 48.0 Å². The fourth-order valence-corrected chi connectivity index (χ4v) is 3.82. The molecule has 0 amide bonds. The van der Waals surface area contributed by atoms with Gasteiger partial charge in [-0.25, -0.2) is 9.48 Å². The molecule has 6 nitrogen and oxygen atoms in total. The summed E-state index contributed by atoms with van der Waals surface area (Å²) in [6.45, 7) is -0.0603. The van der Waals surface area contributed by atoms with Crippen molar-refractivity contribution in [2.45, 2.75) is 12.8 Å². The lowest BCUT2D eigenvalue weighted by Gasteiger charge is -2.13. The minimum absolute atomic E-state index is 0.0603. The van der Waals surface area contributed by atoms with Gasteiger partial charge in [0.1, 0.15) is 6.61 Å². The molecule has 4 aromatic rings. The lowest BCUT2D eigenvalue weighted by molar-refractivity contribution is -0.141. The van der Waals surface area contributed by atoms with E-state index < -0.39 is 17.8 Å². The number of aromatic nitrogens is 2. The molecular formula is C26H20ClF3N2O4. The maximum absolute atomic E-state index is 13.4. The van der Waals surface area contributed by atoms with Crippen LogP contribution in [-0.4, -0.2) is 30.0 Å². The SMILES string of the molecule is COc1cccc(COC(=O)c2ccc(-c3cc(C(F)(F)F)nn3-c3ccccc3Cl)cc2)c1OC. The topological polar surface area (TPSA) is 62.6 Å². The fourth-order valence-electron chi connectivity index (χ4n) is 3.60. The van der Waals surface area contributed by atoms with Crippen LogP contribution in [0.1, 0.15) is 21.6 Å². The van der Waals surface area contributed by atoms with Gasteiger partial charge in [-0.3, -0.25) is 0 Å². The zero-order valence-electron chi connectivity index (χ0n) is 19.2. The Morgan fingerprint density at radius 2 is 1.69 bits per heavy atom. The molecule has 1 heterocycles. The minimum Gasteiger partial charge on any atom is -0.493 e. The van der Waals surface area contributed by atoms with Gasteiger partial charge >= 0.3 is 12.1 Å². The van der Waals surface area contributed by atoms with Gasteiger partial charge < -0.3 is 14.2 Å². The summed E-state index contributed by atoms with van der Waals surface area (Å²) in [5, 5.41) is 3.97. The Hall–Kier alpha value is -3.98. The molecular weight excluding hydrogens is 497 g/mol. The number of halogens is 4. The van der Waals surface area contributed by atoms with E-state index in [2.05, 4.69) is 5.10 Å². The molecule has 0 aliphatic heterocycles. The van der Waals surface area contributed by atoms with Crippen molar-refractivity contribution in [1.82, 2.24) is 9.78 Å². The Morgan fingerprint density at radius 1 is 0.972 bits per heavy atom. The van der Waals surface area contributed by atoms with Crippen LogP contribution in [0, 0.1) is 0 Å². The lowest BCUT2D eigenvalue weighted by Crippen LogP contribution is -2.07. The van der Waals surface area contributed by atoms with Crippen molar-refractivity contribution in [1.29, 1.82) is 0 Å². The summed E-state index contributed by atoms with van der Waals surface area (Å²) >= 11 is 6.21. The largest absolute Gasteiger partial charge is 0.493 e. The molecule has 0 bridgehead atoms. The van der Waals surface area contributed by atoms with Crippen LogP contribution in [0.4, 0.5) is 13.2 Å². The number of carbonyl (C=O) groups excluding carboxylic acids is 1. The average Bonchev–Trinajstić information content (AvgIpc) is 3.33. The molecule has 0 unspecified atom stereocenters. The third kappa shape index (κ3) is 5.16. The van der Waals surface area contributed by atoms with Crippen LogP contribution in [0.25, 0.3) is 16.9 Å². The molecule has 0 N–H and O–H groups in total. The summed E-state index contributed by atoms with van der Waals surface area (Å²) in [5.41, 5.74) is 0.638. The van der Waals surface area contributed by atoms with Gasteiger partial charge in [0.25, 0.3) is 0 Å². The average molecular weight is 517 g/mol. The zero-order chi connectivity index (χ0) is 25.9. The van der Waals surface area contributed by atoms with E-state index in [1.165, 1.54) is 38.5 Å². The van der Waals surface area contributed by atoms with Crippen LogP contribution < -0.4 is 9.47 Å². The maximum Gasteiger partial charge on any atom is 0.435 e. The van der Waals surface area contributed by atoms with Gasteiger partial charge in [0.2, 0.25) is 0 Å². The van der Waals surface area contributed by atoms with Gasteiger partial charge in [-0.05, 0) is 36.4 Å². The fraction of sp³-hybridized carbons (Fsp3) is 0.154. The van der Waals surface area contributed by atoms with Crippen LogP contribution >= 0.6 is 11.6 Å². The summed E-state index contributed by atoms with van der Waals surface area (Å²) in [7, 11) is 2.99. The summed E-state index contributed by atoms with van der Waals surface area (Å²) in [6, 6.07) is 18.6. The Kier molecular flexibility index (Phi) is 7.21. The number of hydrogen-bond donors (Lipinski definition) is 0. The number of esters is 1. The van der Waals surface area contributed by atoms with E-state index in [1.807, 2.05) is 0 Å². The first-order chi connectivity index (χ1) is 17.2. The maximum atomic E-state index is 13.4. The smallest absolute Gasteiger partial charge is 0.435 e. The molecule has 3 aromatic carbocycles. The summed E-state index contributed by atoms with van der Waals surface area (Å²) in [4.78, 5) is 12.6. The highest BCUT2D eigenvalue weighted by molar-refractivity contribution is 6.32. The monoisotopic (exact) mass is 516 g/mol. The summed E-state index contributed by atoms with van der Waals surface area (Å²) < 4.78 is 57.4. The molecule has 0 aliphatic carbocycles. The standard InChI is InChI=1S/C26H20ClF3N2O4/c1-34-22-9-5-6-18(24(22)35-2)15-36-25(33)17-12-10-16(11-13-17)21-14-23(26(28,29)30)31-32(21)20-8-4-3-7-19(20)27/h3-14H,15H2,1-2H3. The van der Waals surface area contributed by atoms with Gasteiger partial charge in [0.05, 0.1) is 36.2 Å². The number of alkyl halides is 3. The Morgan fingerprint density at radius 3 is 2.33 bits per heavy atom. The molecule has 0 fully saturated rings. The number of nitrogens with zero attached hydrogens (tertiary/aromatic N) is 2. The van der Waals surface area contributed by atoms with Gasteiger partial charge in [0, 0.05) is 11.1 Å². The van der Waals surface area contributed by atoms with Crippen LogP contribution in [0.3, 0.4) is 0 Å². The summed E-state index contributed by atoms with van der Waals surface area (Å²) in [5.74, 6) is 0.349. The van der Waals surface area contributed by atoms with E-state index in [1.54, 1.807) is 42.5 Å². The van der Waals surface area contributed by atoms with Crippen molar-refractivity contribution in [3.8, 4) is 28.4 Å². The molecule has 1 aromatic heterocycles. The first kappa shape index (κ1) is 25.1. The molecule has 0 spiro atoms. The van der Waals surface area contributed by atoms with Crippen molar-refractivity contribution in [3.05, 3.63) is 94.6 Å². The molecule has 0 radical (unpaired) electrons. The highest BCUT2D eigenvalue weighted by Crippen LogP contribution is 2.35. The Balaban J connectivity index is 1.59. The van der Waals surface area contributed by atoms with Crippen LogP contribution in [0.5, 0.6) is 11.5 Å². The van der Waals surface area contributed by atoms with Crippen LogP contribution in [-0.2, 0) is 17.5 Å². The number of benzene rings is 3. The molecule has 10 heteroatoms. The first-order valence-corrected chi connectivity index (χ1v) is 11.0. The second kappa shape index (κ2) is 10.3. The van der Waals surface area contributed by atoms with E-state index in [-0.39, 0.29) is 22.9 Å². The number of hydrogen-bond acceptors (Lipinski definition) is 5. The normalized spacial score (nSPS) is 11.3. The minimum atomic E-state index is -4.65. The number of ether oxygens (including phenoxy) is 3. The van der Waals surface area contributed by atoms with E-state index in [9.17, 15) is 18.0 Å². The van der Waals surface area contributed by atoms with E-state index in [0.29, 0.717) is 28.3 Å². The van der Waals surface area contributed by atoms with Crippen molar-refractivity contribution < 1.29 is 32.2 Å². The molecule has 0 aliphatic rings. The molecule has 0 atom stereocenters. The third-order valence-corrected chi connectivity index (χ3v) is 5.66. The number of carbonyl (C=O) groups is 1. The Labute approximate surface area is 209 Å². The van der Waals surface area contributed by atoms with Crippen molar-refractivity contribution >= 4 is 17.6 Å².